The van der Waals surface area contributed by atoms with Gasteiger partial charge >= 0.3 is 6.09 Å². The summed E-state index contributed by atoms with van der Waals surface area (Å²) in [7, 11) is 0. The number of benzene rings is 1. The van der Waals surface area contributed by atoms with Crippen LogP contribution >= 0.6 is 11.3 Å². The predicted molar refractivity (Wildman–Crippen MR) is 99.6 cm³/mol. The number of carbonyl (C=O) groups is 2. The Morgan fingerprint density at radius 3 is 2.40 bits per heavy atom. The highest BCUT2D eigenvalue weighted by Gasteiger charge is 2.20. The Morgan fingerprint density at radius 1 is 1.12 bits per heavy atom. The molecular weight excluding hydrogens is 336 g/mol. The lowest BCUT2D eigenvalue weighted by Gasteiger charge is -2.18. The molecule has 2 amide bonds. The van der Waals surface area contributed by atoms with Crippen molar-refractivity contribution in [1.82, 2.24) is 10.6 Å². The number of hydrogen-bond acceptors (Lipinski definition) is 4. The van der Waals surface area contributed by atoms with E-state index >= 15 is 0 Å². The number of hydrogen-bond donors (Lipinski definition) is 2. The van der Waals surface area contributed by atoms with Gasteiger partial charge in [0.15, 0.2) is 0 Å². The summed E-state index contributed by atoms with van der Waals surface area (Å²) in [5, 5.41) is 5.48. The zero-order chi connectivity index (χ0) is 18.4. The third-order valence-corrected chi connectivity index (χ3v) is 4.83. The van der Waals surface area contributed by atoms with E-state index in [0.29, 0.717) is 0 Å². The van der Waals surface area contributed by atoms with Crippen LogP contribution in [0.25, 0.3) is 0 Å². The van der Waals surface area contributed by atoms with E-state index in [9.17, 15) is 9.59 Å². The summed E-state index contributed by atoms with van der Waals surface area (Å²) in [6, 6.07) is 10.7. The van der Waals surface area contributed by atoms with Crippen LogP contribution in [0.15, 0.2) is 36.4 Å². The lowest BCUT2D eigenvalue weighted by atomic mass is 10.1. The lowest BCUT2D eigenvalue weighted by molar-refractivity contribution is -0.123. The molecule has 0 spiro atoms. The zero-order valence-electron chi connectivity index (χ0n) is 15.0. The number of alkyl carbamates (subject to hydrolysis) is 1. The van der Waals surface area contributed by atoms with Crippen LogP contribution in [0.2, 0.25) is 0 Å². The number of amides is 2. The summed E-state index contributed by atoms with van der Waals surface area (Å²) in [5.41, 5.74) is 2.00. The van der Waals surface area contributed by atoms with Crippen molar-refractivity contribution in [3.05, 3.63) is 57.3 Å². The highest BCUT2D eigenvalue weighted by Crippen LogP contribution is 2.26. The Bertz CT molecular complexity index is 728. The van der Waals surface area contributed by atoms with Gasteiger partial charge in [-0.15, -0.1) is 11.3 Å². The molecule has 0 saturated carbocycles. The van der Waals surface area contributed by atoms with Gasteiger partial charge in [0.2, 0.25) is 5.91 Å². The molecule has 5 nitrogen and oxygen atoms in total. The summed E-state index contributed by atoms with van der Waals surface area (Å²) >= 11 is 1.71. The maximum Gasteiger partial charge on any atom is 0.408 e. The van der Waals surface area contributed by atoms with Gasteiger partial charge in [-0.25, -0.2) is 4.79 Å². The van der Waals surface area contributed by atoms with Gasteiger partial charge in [-0.05, 0) is 44.9 Å². The maximum absolute atomic E-state index is 12.3. The summed E-state index contributed by atoms with van der Waals surface area (Å²) in [4.78, 5) is 26.5. The molecule has 0 aliphatic rings. The SMILES string of the molecule is Cc1cc([C@@H](C)NC(=O)[C@@H](C)NC(=O)OCc2ccccc2)c(C)s1. The van der Waals surface area contributed by atoms with Gasteiger partial charge in [0.1, 0.15) is 12.6 Å². The normalized spacial score (nSPS) is 13.0. The van der Waals surface area contributed by atoms with Crippen molar-refractivity contribution in [2.75, 3.05) is 0 Å². The fourth-order valence-corrected chi connectivity index (χ4v) is 3.53. The molecule has 1 aromatic carbocycles. The topological polar surface area (TPSA) is 67.4 Å². The molecule has 0 aliphatic carbocycles. The van der Waals surface area contributed by atoms with E-state index < -0.39 is 12.1 Å². The zero-order valence-corrected chi connectivity index (χ0v) is 15.8. The minimum absolute atomic E-state index is 0.109. The highest BCUT2D eigenvalue weighted by molar-refractivity contribution is 7.12. The van der Waals surface area contributed by atoms with Crippen LogP contribution in [0.3, 0.4) is 0 Å². The Labute approximate surface area is 152 Å². The molecule has 2 N–H and O–H groups in total. The van der Waals surface area contributed by atoms with Gasteiger partial charge in [0.05, 0.1) is 6.04 Å². The first kappa shape index (κ1) is 19.0. The second-order valence-corrected chi connectivity index (χ2v) is 7.49. The van der Waals surface area contributed by atoms with Crippen LogP contribution in [-0.2, 0) is 16.1 Å². The molecule has 0 unspecified atom stereocenters. The van der Waals surface area contributed by atoms with Crippen LogP contribution in [-0.4, -0.2) is 18.0 Å². The summed E-state index contributed by atoms with van der Waals surface area (Å²) in [5.74, 6) is -0.243. The Hall–Kier alpha value is -2.34. The van der Waals surface area contributed by atoms with Crippen LogP contribution in [0.1, 0.15) is 40.8 Å². The van der Waals surface area contributed by atoms with Crippen molar-refractivity contribution >= 4 is 23.3 Å². The molecule has 0 bridgehead atoms. The lowest BCUT2D eigenvalue weighted by Crippen LogP contribution is -2.45. The minimum atomic E-state index is -0.675. The first-order valence-corrected chi connectivity index (χ1v) is 9.03. The Morgan fingerprint density at radius 2 is 1.80 bits per heavy atom. The van der Waals surface area contributed by atoms with Gasteiger partial charge in [-0.2, -0.15) is 0 Å². The average Bonchev–Trinajstić information content (AvgIpc) is 2.92. The van der Waals surface area contributed by atoms with Crippen molar-refractivity contribution in [3.63, 3.8) is 0 Å². The van der Waals surface area contributed by atoms with Gasteiger partial charge in [0.25, 0.3) is 0 Å². The van der Waals surface area contributed by atoms with Crippen molar-refractivity contribution in [1.29, 1.82) is 0 Å². The van der Waals surface area contributed by atoms with E-state index in [1.807, 2.05) is 51.1 Å². The van der Waals surface area contributed by atoms with E-state index in [2.05, 4.69) is 16.7 Å². The molecule has 0 radical (unpaired) electrons. The predicted octanol–water partition coefficient (Wildman–Crippen LogP) is 3.86. The Kier molecular flexibility index (Phi) is 6.58. The van der Waals surface area contributed by atoms with E-state index in [4.69, 9.17) is 4.74 Å². The molecule has 2 rings (SSSR count). The molecule has 2 aromatic rings. The number of ether oxygens (including phenoxy) is 1. The largest absolute Gasteiger partial charge is 0.445 e. The van der Waals surface area contributed by atoms with E-state index in [1.54, 1.807) is 18.3 Å². The van der Waals surface area contributed by atoms with Crippen LogP contribution in [0.5, 0.6) is 0 Å². The molecule has 6 heteroatoms. The first-order valence-electron chi connectivity index (χ1n) is 8.21. The molecular formula is C19H24N2O3S. The monoisotopic (exact) mass is 360 g/mol. The molecule has 0 saturated heterocycles. The molecule has 0 aliphatic heterocycles. The van der Waals surface area contributed by atoms with Gasteiger partial charge in [-0.1, -0.05) is 30.3 Å². The summed E-state index contributed by atoms with van der Waals surface area (Å²) < 4.78 is 5.13. The minimum Gasteiger partial charge on any atom is -0.445 e. The van der Waals surface area contributed by atoms with E-state index in [0.717, 1.165) is 11.1 Å². The van der Waals surface area contributed by atoms with E-state index in [1.165, 1.54) is 9.75 Å². The molecule has 134 valence electrons. The maximum atomic E-state index is 12.3. The second-order valence-electron chi connectivity index (χ2n) is 6.03. The molecule has 1 aromatic heterocycles. The van der Waals surface area contributed by atoms with Crippen molar-refractivity contribution < 1.29 is 14.3 Å². The number of aryl methyl sites for hydroxylation is 2. The fraction of sp³-hybridized carbons (Fsp3) is 0.368. The third-order valence-electron chi connectivity index (χ3n) is 3.85. The first-order chi connectivity index (χ1) is 11.9. The van der Waals surface area contributed by atoms with Crippen molar-refractivity contribution in [2.24, 2.45) is 0 Å². The van der Waals surface area contributed by atoms with Gasteiger partial charge in [-0.3, -0.25) is 4.79 Å². The highest BCUT2D eigenvalue weighted by atomic mass is 32.1. The molecule has 1 heterocycles. The van der Waals surface area contributed by atoms with Crippen molar-refractivity contribution in [3.8, 4) is 0 Å². The van der Waals surface area contributed by atoms with Crippen LogP contribution < -0.4 is 10.6 Å². The number of thiophene rings is 1. The molecule has 2 atom stereocenters. The van der Waals surface area contributed by atoms with Gasteiger partial charge in [0, 0.05) is 9.75 Å². The fourth-order valence-electron chi connectivity index (χ4n) is 2.50. The quantitative estimate of drug-likeness (QED) is 0.822. The summed E-state index contributed by atoms with van der Waals surface area (Å²) in [6.07, 6.45) is -0.610. The third kappa shape index (κ3) is 5.60. The number of rotatable bonds is 6. The second kappa shape index (κ2) is 8.67. The average molecular weight is 360 g/mol. The van der Waals surface area contributed by atoms with Crippen LogP contribution in [0.4, 0.5) is 4.79 Å². The molecule has 25 heavy (non-hydrogen) atoms. The van der Waals surface area contributed by atoms with Crippen molar-refractivity contribution in [2.45, 2.75) is 46.4 Å². The summed E-state index contributed by atoms with van der Waals surface area (Å²) in [6.45, 7) is 7.83. The standard InChI is InChI=1S/C19H24N2O3S/c1-12-10-17(15(4)25-12)13(2)20-18(22)14(3)21-19(23)24-11-16-8-6-5-7-9-16/h5-10,13-14H,11H2,1-4H3,(H,20,22)(H,21,23)/t13-,14-/m1/s1. The number of carbonyl (C=O) groups excluding carboxylic acids is 2. The smallest absolute Gasteiger partial charge is 0.408 e. The van der Waals surface area contributed by atoms with E-state index in [-0.39, 0.29) is 18.6 Å². The van der Waals surface area contributed by atoms with Gasteiger partial charge < -0.3 is 15.4 Å². The Balaban J connectivity index is 1.81. The van der Waals surface area contributed by atoms with Crippen LogP contribution in [0, 0.1) is 13.8 Å². The number of nitrogens with one attached hydrogen (secondary N) is 2. The molecule has 0 fully saturated rings.